The van der Waals surface area contributed by atoms with E-state index in [9.17, 15) is 0 Å². The lowest BCUT2D eigenvalue weighted by atomic mass is 10.2. The minimum atomic E-state index is 0.365. The molecule has 0 atom stereocenters. The SMILES string of the molecule is CCCc1ncc(CN=C(N)Nc2cccc(C)c2)o1. The van der Waals surface area contributed by atoms with Crippen molar-refractivity contribution in [2.45, 2.75) is 33.2 Å². The standard InChI is InChI=1S/C15H20N4O/c1-3-5-14-17-9-13(20-14)10-18-15(16)19-12-7-4-6-11(2)8-12/h4,6-9H,3,5,10H2,1-2H3,(H3,16,18,19). The maximum absolute atomic E-state index is 5.85. The summed E-state index contributed by atoms with van der Waals surface area (Å²) in [6, 6.07) is 7.96. The number of anilines is 1. The van der Waals surface area contributed by atoms with Crippen LogP contribution in [0, 0.1) is 6.92 Å². The second kappa shape index (κ2) is 6.75. The fourth-order valence-corrected chi connectivity index (χ4v) is 1.82. The molecule has 5 heteroatoms. The summed E-state index contributed by atoms with van der Waals surface area (Å²) in [5.41, 5.74) is 7.94. The molecule has 0 saturated carbocycles. The van der Waals surface area contributed by atoms with Crippen molar-refractivity contribution in [3.05, 3.63) is 47.7 Å². The van der Waals surface area contributed by atoms with E-state index >= 15 is 0 Å². The number of nitrogens with one attached hydrogen (secondary N) is 1. The minimum Gasteiger partial charge on any atom is -0.444 e. The molecule has 0 saturated heterocycles. The Morgan fingerprint density at radius 3 is 3.05 bits per heavy atom. The number of rotatable bonds is 5. The highest BCUT2D eigenvalue weighted by Gasteiger charge is 2.02. The normalized spacial score (nSPS) is 11.6. The van der Waals surface area contributed by atoms with Gasteiger partial charge in [0, 0.05) is 12.1 Å². The van der Waals surface area contributed by atoms with E-state index in [1.165, 1.54) is 5.56 Å². The van der Waals surface area contributed by atoms with Gasteiger partial charge in [-0.1, -0.05) is 19.1 Å². The summed E-state index contributed by atoms with van der Waals surface area (Å²) < 4.78 is 5.54. The van der Waals surface area contributed by atoms with Gasteiger partial charge in [0.2, 0.25) is 0 Å². The smallest absolute Gasteiger partial charge is 0.194 e. The molecule has 5 nitrogen and oxygen atoms in total. The first-order chi connectivity index (χ1) is 9.67. The molecule has 0 unspecified atom stereocenters. The van der Waals surface area contributed by atoms with Crippen molar-refractivity contribution in [2.75, 3.05) is 5.32 Å². The highest BCUT2D eigenvalue weighted by atomic mass is 16.4. The molecule has 0 bridgehead atoms. The largest absolute Gasteiger partial charge is 0.444 e. The van der Waals surface area contributed by atoms with Crippen LogP contribution in [0.5, 0.6) is 0 Å². The molecule has 106 valence electrons. The van der Waals surface area contributed by atoms with Crippen LogP contribution in [0.3, 0.4) is 0 Å². The van der Waals surface area contributed by atoms with Crippen molar-refractivity contribution in [2.24, 2.45) is 10.7 Å². The Balaban J connectivity index is 1.93. The quantitative estimate of drug-likeness (QED) is 0.648. The van der Waals surface area contributed by atoms with Crippen LogP contribution in [0.1, 0.15) is 30.6 Å². The Morgan fingerprint density at radius 2 is 2.30 bits per heavy atom. The Hall–Kier alpha value is -2.30. The molecule has 0 aliphatic rings. The van der Waals surface area contributed by atoms with Crippen LogP contribution in [0.4, 0.5) is 5.69 Å². The topological polar surface area (TPSA) is 76.4 Å². The fourth-order valence-electron chi connectivity index (χ4n) is 1.82. The molecule has 20 heavy (non-hydrogen) atoms. The van der Waals surface area contributed by atoms with Gasteiger partial charge in [0.15, 0.2) is 11.9 Å². The van der Waals surface area contributed by atoms with Crippen LogP contribution in [0.2, 0.25) is 0 Å². The highest BCUT2D eigenvalue weighted by molar-refractivity contribution is 5.92. The van der Waals surface area contributed by atoms with Crippen LogP contribution >= 0.6 is 0 Å². The number of hydrogen-bond donors (Lipinski definition) is 2. The van der Waals surface area contributed by atoms with Gasteiger partial charge in [0.05, 0.1) is 6.20 Å². The first-order valence-electron chi connectivity index (χ1n) is 6.74. The molecule has 1 heterocycles. The van der Waals surface area contributed by atoms with E-state index < -0.39 is 0 Å². The maximum atomic E-state index is 5.85. The molecule has 0 aliphatic carbocycles. The van der Waals surface area contributed by atoms with Gasteiger partial charge in [-0.05, 0) is 31.0 Å². The number of guanidine groups is 1. The number of nitrogens with zero attached hydrogens (tertiary/aromatic N) is 2. The van der Waals surface area contributed by atoms with Gasteiger partial charge in [0.25, 0.3) is 0 Å². The first kappa shape index (κ1) is 14.1. The molecule has 1 aromatic carbocycles. The first-order valence-corrected chi connectivity index (χ1v) is 6.74. The third-order valence-electron chi connectivity index (χ3n) is 2.76. The third kappa shape index (κ3) is 4.12. The Kier molecular flexibility index (Phi) is 4.76. The number of benzene rings is 1. The monoisotopic (exact) mass is 272 g/mol. The van der Waals surface area contributed by atoms with Crippen molar-refractivity contribution in [3.8, 4) is 0 Å². The number of aryl methyl sites for hydroxylation is 2. The average Bonchev–Trinajstić information content (AvgIpc) is 2.85. The molecular formula is C15H20N4O. The predicted molar refractivity (Wildman–Crippen MR) is 80.6 cm³/mol. The average molecular weight is 272 g/mol. The van der Waals surface area contributed by atoms with E-state index in [2.05, 4.69) is 22.2 Å². The van der Waals surface area contributed by atoms with Gasteiger partial charge in [-0.15, -0.1) is 0 Å². The van der Waals surface area contributed by atoms with Crippen molar-refractivity contribution >= 4 is 11.6 Å². The number of aromatic nitrogens is 1. The second-order valence-electron chi connectivity index (χ2n) is 4.67. The zero-order valence-corrected chi connectivity index (χ0v) is 11.9. The van der Waals surface area contributed by atoms with E-state index in [-0.39, 0.29) is 0 Å². The molecule has 0 radical (unpaired) electrons. The van der Waals surface area contributed by atoms with E-state index in [0.29, 0.717) is 12.5 Å². The van der Waals surface area contributed by atoms with Crippen molar-refractivity contribution < 1.29 is 4.42 Å². The van der Waals surface area contributed by atoms with Crippen molar-refractivity contribution in [3.63, 3.8) is 0 Å². The van der Waals surface area contributed by atoms with Crippen molar-refractivity contribution in [1.29, 1.82) is 0 Å². The zero-order valence-electron chi connectivity index (χ0n) is 11.9. The van der Waals surface area contributed by atoms with E-state index in [1.807, 2.05) is 31.2 Å². The van der Waals surface area contributed by atoms with Crippen LogP contribution in [-0.4, -0.2) is 10.9 Å². The Bertz CT molecular complexity index is 589. The Labute approximate surface area is 118 Å². The number of nitrogens with two attached hydrogens (primary N) is 1. The lowest BCUT2D eigenvalue weighted by Crippen LogP contribution is -2.22. The zero-order chi connectivity index (χ0) is 14.4. The van der Waals surface area contributed by atoms with Gasteiger partial charge < -0.3 is 15.5 Å². The fraction of sp³-hybridized carbons (Fsp3) is 0.333. The van der Waals surface area contributed by atoms with E-state index in [1.54, 1.807) is 6.20 Å². The summed E-state index contributed by atoms with van der Waals surface area (Å²) in [5.74, 6) is 1.84. The Morgan fingerprint density at radius 1 is 1.45 bits per heavy atom. The lowest BCUT2D eigenvalue weighted by molar-refractivity contribution is 0.454. The van der Waals surface area contributed by atoms with Crippen LogP contribution < -0.4 is 11.1 Å². The summed E-state index contributed by atoms with van der Waals surface area (Å²) in [7, 11) is 0. The maximum Gasteiger partial charge on any atom is 0.194 e. The summed E-state index contributed by atoms with van der Waals surface area (Å²) in [4.78, 5) is 8.42. The van der Waals surface area contributed by atoms with Gasteiger partial charge in [0.1, 0.15) is 12.3 Å². The summed E-state index contributed by atoms with van der Waals surface area (Å²) in [5, 5.41) is 3.05. The van der Waals surface area contributed by atoms with Crippen molar-refractivity contribution in [1.82, 2.24) is 4.98 Å². The predicted octanol–water partition coefficient (Wildman–Crippen LogP) is 2.86. The van der Waals surface area contributed by atoms with Gasteiger partial charge in [-0.2, -0.15) is 0 Å². The number of hydrogen-bond acceptors (Lipinski definition) is 3. The molecule has 0 fully saturated rings. The van der Waals surface area contributed by atoms with Crippen LogP contribution in [-0.2, 0) is 13.0 Å². The van der Waals surface area contributed by atoms with Crippen LogP contribution in [0.15, 0.2) is 39.9 Å². The van der Waals surface area contributed by atoms with E-state index in [0.717, 1.165) is 30.2 Å². The highest BCUT2D eigenvalue weighted by Crippen LogP contribution is 2.10. The van der Waals surface area contributed by atoms with Crippen LogP contribution in [0.25, 0.3) is 0 Å². The molecule has 2 aromatic rings. The molecule has 0 spiro atoms. The summed E-state index contributed by atoms with van der Waals surface area (Å²) in [6.45, 7) is 4.51. The summed E-state index contributed by atoms with van der Waals surface area (Å²) in [6.07, 6.45) is 3.56. The minimum absolute atomic E-state index is 0.365. The molecule has 0 aliphatic heterocycles. The summed E-state index contributed by atoms with van der Waals surface area (Å²) >= 11 is 0. The van der Waals surface area contributed by atoms with E-state index in [4.69, 9.17) is 10.2 Å². The second-order valence-corrected chi connectivity index (χ2v) is 4.67. The van der Waals surface area contributed by atoms with Gasteiger partial charge >= 0.3 is 0 Å². The molecule has 1 aromatic heterocycles. The third-order valence-corrected chi connectivity index (χ3v) is 2.76. The number of aliphatic imine (C=N–C) groups is 1. The van der Waals surface area contributed by atoms with Gasteiger partial charge in [-0.25, -0.2) is 9.98 Å². The lowest BCUT2D eigenvalue weighted by Gasteiger charge is -2.05. The molecule has 2 rings (SSSR count). The molecule has 3 N–H and O–H groups in total. The molecular weight excluding hydrogens is 252 g/mol. The van der Waals surface area contributed by atoms with Gasteiger partial charge in [-0.3, -0.25) is 0 Å². The molecule has 0 amide bonds. The number of oxazole rings is 1.